The number of pyridine rings is 2. The van der Waals surface area contributed by atoms with Crippen molar-refractivity contribution in [3.8, 4) is 5.75 Å². The van der Waals surface area contributed by atoms with Crippen LogP contribution < -0.4 is 10.5 Å². The van der Waals surface area contributed by atoms with Crippen molar-refractivity contribution in [3.05, 3.63) is 106 Å². The molecule has 4 N–H and O–H groups in total. The van der Waals surface area contributed by atoms with Gasteiger partial charge in [0.2, 0.25) is 0 Å². The topological polar surface area (TPSA) is 119 Å². The lowest BCUT2D eigenvalue weighted by atomic mass is 9.96. The number of rotatable bonds is 8. The lowest BCUT2D eigenvalue weighted by molar-refractivity contribution is 0.306. The number of nitrogens with two attached hydrogens (primary N) is 1. The molecule has 7 nitrogen and oxygen atoms in total. The number of benzene rings is 3. The van der Waals surface area contributed by atoms with E-state index in [2.05, 4.69) is 47.2 Å². The fourth-order valence-electron chi connectivity index (χ4n) is 4.79. The third-order valence-corrected chi connectivity index (χ3v) is 7.52. The van der Waals surface area contributed by atoms with Crippen LogP contribution in [0.5, 0.6) is 5.75 Å². The molecule has 0 aliphatic rings. The third-order valence-electron chi connectivity index (χ3n) is 6.74. The van der Waals surface area contributed by atoms with E-state index in [4.69, 9.17) is 20.3 Å². The summed E-state index contributed by atoms with van der Waals surface area (Å²) in [5.41, 5.74) is 14.2. The smallest absolute Gasteiger partial charge is 0.329 e. The molecule has 0 saturated heterocycles. The molecule has 38 heavy (non-hydrogen) atoms. The summed E-state index contributed by atoms with van der Waals surface area (Å²) in [5.74, 6) is 1.23. The first-order valence-corrected chi connectivity index (χ1v) is 14.2. The largest absolute Gasteiger partial charge is 0.489 e. The maximum absolute atomic E-state index is 11.2. The summed E-state index contributed by atoms with van der Waals surface area (Å²) < 4.78 is 17.2. The summed E-state index contributed by atoms with van der Waals surface area (Å²) in [7, 11) is -4.07. The van der Waals surface area contributed by atoms with E-state index in [9.17, 15) is 4.57 Å². The van der Waals surface area contributed by atoms with E-state index in [1.807, 2.05) is 31.2 Å². The van der Waals surface area contributed by atoms with Gasteiger partial charge in [0.1, 0.15) is 17.9 Å². The highest BCUT2D eigenvalue weighted by Crippen LogP contribution is 2.39. The van der Waals surface area contributed by atoms with Crippen LogP contribution in [0.1, 0.15) is 33.4 Å². The van der Waals surface area contributed by atoms with E-state index >= 15 is 0 Å². The van der Waals surface area contributed by atoms with Crippen LogP contribution in [-0.4, -0.2) is 19.8 Å². The van der Waals surface area contributed by atoms with Gasteiger partial charge in [-0.05, 0) is 84.3 Å². The number of ether oxygens (including phenoxy) is 1. The van der Waals surface area contributed by atoms with Gasteiger partial charge in [0, 0.05) is 17.0 Å². The molecule has 0 bridgehead atoms. The lowest BCUT2D eigenvalue weighted by Crippen LogP contribution is -2.01. The molecular formula is C30H30N3O4P. The van der Waals surface area contributed by atoms with Gasteiger partial charge in [-0.2, -0.15) is 0 Å². The molecule has 0 saturated carbocycles. The summed E-state index contributed by atoms with van der Waals surface area (Å²) in [6.45, 7) is 4.51. The van der Waals surface area contributed by atoms with Crippen LogP contribution in [0.25, 0.3) is 21.8 Å². The number of nitrogens with zero attached hydrogens (tertiary/aromatic N) is 2. The highest BCUT2D eigenvalue weighted by atomic mass is 31.2. The molecule has 5 rings (SSSR count). The second-order valence-corrected chi connectivity index (χ2v) is 11.4. The number of aryl methyl sites for hydroxylation is 4. The van der Waals surface area contributed by atoms with Crippen LogP contribution in [-0.2, 0) is 30.2 Å². The van der Waals surface area contributed by atoms with Gasteiger partial charge in [-0.25, -0.2) is 4.98 Å². The van der Waals surface area contributed by atoms with E-state index in [0.29, 0.717) is 18.0 Å². The predicted octanol–water partition coefficient (Wildman–Crippen LogP) is 6.02. The zero-order valence-electron chi connectivity index (χ0n) is 21.4. The Kier molecular flexibility index (Phi) is 7.17. The average Bonchev–Trinajstić information content (AvgIpc) is 2.87. The fourth-order valence-corrected chi connectivity index (χ4v) is 5.47. The molecule has 0 amide bonds. The quantitative estimate of drug-likeness (QED) is 0.167. The molecule has 0 spiro atoms. The molecule has 2 aromatic heterocycles. The molecule has 0 fully saturated rings. The first-order valence-electron chi connectivity index (χ1n) is 12.4. The number of hydrogen-bond donors (Lipinski definition) is 3. The van der Waals surface area contributed by atoms with Gasteiger partial charge in [-0.15, -0.1) is 0 Å². The summed E-state index contributed by atoms with van der Waals surface area (Å²) in [5, 5.41) is 2.14. The van der Waals surface area contributed by atoms with Crippen molar-refractivity contribution >= 4 is 35.2 Å². The van der Waals surface area contributed by atoms with Crippen LogP contribution in [0.4, 0.5) is 5.82 Å². The van der Waals surface area contributed by atoms with Crippen LogP contribution in [0, 0.1) is 13.8 Å². The van der Waals surface area contributed by atoms with Gasteiger partial charge in [0.05, 0.1) is 11.7 Å². The van der Waals surface area contributed by atoms with Gasteiger partial charge in [-0.3, -0.25) is 9.55 Å². The highest BCUT2D eigenvalue weighted by Gasteiger charge is 2.14. The Morgan fingerprint density at radius 1 is 0.895 bits per heavy atom. The van der Waals surface area contributed by atoms with Crippen LogP contribution in [0.2, 0.25) is 0 Å². The molecule has 5 aromatic rings. The molecule has 8 heteroatoms. The zero-order valence-corrected chi connectivity index (χ0v) is 22.3. The van der Waals surface area contributed by atoms with Gasteiger partial charge in [-0.1, -0.05) is 42.5 Å². The van der Waals surface area contributed by atoms with E-state index in [1.54, 1.807) is 18.3 Å². The van der Waals surface area contributed by atoms with Crippen LogP contribution in [0.15, 0.2) is 72.9 Å². The van der Waals surface area contributed by atoms with E-state index in [1.165, 1.54) is 11.1 Å². The second kappa shape index (κ2) is 10.5. The molecule has 0 atom stereocenters. The monoisotopic (exact) mass is 527 g/mol. The van der Waals surface area contributed by atoms with Crippen molar-refractivity contribution in [3.63, 3.8) is 0 Å². The molecule has 0 aliphatic heterocycles. The zero-order chi connectivity index (χ0) is 26.9. The number of fused-ring (bicyclic) bond motifs is 3. The Bertz CT molecular complexity index is 1680. The number of nitrogen functional groups attached to an aromatic ring is 1. The molecule has 0 aliphatic carbocycles. The lowest BCUT2D eigenvalue weighted by Gasteiger charge is -2.13. The Morgan fingerprint density at radius 2 is 1.63 bits per heavy atom. The molecule has 194 valence electrons. The van der Waals surface area contributed by atoms with Crippen molar-refractivity contribution in [2.45, 2.75) is 39.5 Å². The van der Waals surface area contributed by atoms with Gasteiger partial charge < -0.3 is 20.3 Å². The minimum Gasteiger partial charge on any atom is -0.489 e. The van der Waals surface area contributed by atoms with Crippen molar-refractivity contribution in [1.82, 2.24) is 9.97 Å². The Labute approximate surface area is 221 Å². The fraction of sp³-hybridized carbons (Fsp3) is 0.200. The minimum atomic E-state index is -4.07. The van der Waals surface area contributed by atoms with Gasteiger partial charge in [0.15, 0.2) is 5.82 Å². The van der Waals surface area contributed by atoms with Crippen molar-refractivity contribution < 1.29 is 19.1 Å². The standard InChI is InChI=1S/C30H30N3O4P/c1-19-3-12-26-27(15-19)33-30(31)29-28(26)24(13-14-32-29)9-8-23-10-11-25(16-20(23)2)37-17-21-4-6-22(7-5-21)18-38(34,35)36/h3-7,10-16H,8-9,17-18H2,1-2H3,(H2,31,33)(H2,34,35,36). The summed E-state index contributed by atoms with van der Waals surface area (Å²) in [4.78, 5) is 27.4. The van der Waals surface area contributed by atoms with E-state index in [-0.39, 0.29) is 6.16 Å². The van der Waals surface area contributed by atoms with Crippen molar-refractivity contribution in [2.24, 2.45) is 0 Å². The molecule has 3 aromatic carbocycles. The molecule has 0 unspecified atom stereocenters. The Balaban J connectivity index is 1.29. The summed E-state index contributed by atoms with van der Waals surface area (Å²) in [6, 6.07) is 21.6. The first kappa shape index (κ1) is 25.9. The predicted molar refractivity (Wildman–Crippen MR) is 151 cm³/mol. The third kappa shape index (κ3) is 5.86. The number of hydrogen-bond acceptors (Lipinski definition) is 5. The maximum atomic E-state index is 11.2. The first-order chi connectivity index (χ1) is 18.2. The van der Waals surface area contributed by atoms with Crippen molar-refractivity contribution in [1.29, 1.82) is 0 Å². The highest BCUT2D eigenvalue weighted by molar-refractivity contribution is 7.50. The Morgan fingerprint density at radius 3 is 2.37 bits per heavy atom. The molecule has 0 radical (unpaired) electrons. The van der Waals surface area contributed by atoms with Gasteiger partial charge >= 0.3 is 7.60 Å². The second-order valence-electron chi connectivity index (χ2n) is 9.73. The number of anilines is 1. The Hall–Kier alpha value is -3.77. The van der Waals surface area contributed by atoms with Crippen LogP contribution >= 0.6 is 7.60 Å². The normalized spacial score (nSPS) is 11.8. The summed E-state index contributed by atoms with van der Waals surface area (Å²) in [6.07, 6.45) is 3.25. The average molecular weight is 528 g/mol. The SMILES string of the molecule is Cc1ccc2c(c1)nc(N)c1nccc(CCc3ccc(OCc4ccc(CP(=O)(O)O)cc4)cc3C)c12. The van der Waals surface area contributed by atoms with Crippen molar-refractivity contribution in [2.75, 3.05) is 5.73 Å². The number of aromatic nitrogens is 2. The minimum absolute atomic E-state index is 0.260. The molecular weight excluding hydrogens is 497 g/mol. The van der Waals surface area contributed by atoms with E-state index < -0.39 is 7.60 Å². The molecule has 2 heterocycles. The maximum Gasteiger partial charge on any atom is 0.329 e. The van der Waals surface area contributed by atoms with Gasteiger partial charge in [0.25, 0.3) is 0 Å². The van der Waals surface area contributed by atoms with E-state index in [0.717, 1.165) is 57.1 Å². The van der Waals surface area contributed by atoms with Crippen LogP contribution in [0.3, 0.4) is 0 Å². The summed E-state index contributed by atoms with van der Waals surface area (Å²) >= 11 is 0.